The van der Waals surface area contributed by atoms with Crippen LogP contribution in [-0.4, -0.2) is 23.0 Å². The number of amides is 2. The molecule has 33 heavy (non-hydrogen) atoms. The fraction of sp³-hybridized carbons (Fsp3) is 0.115. The van der Waals surface area contributed by atoms with Gasteiger partial charge in [0.15, 0.2) is 6.61 Å². The summed E-state index contributed by atoms with van der Waals surface area (Å²) in [7, 11) is 0. The van der Waals surface area contributed by atoms with E-state index in [0.29, 0.717) is 11.3 Å². The third-order valence-corrected chi connectivity index (χ3v) is 5.22. The highest BCUT2D eigenvalue weighted by molar-refractivity contribution is 6.08. The largest absolute Gasteiger partial charge is 0.484 e. The Bertz CT molecular complexity index is 1400. The van der Waals surface area contributed by atoms with Gasteiger partial charge in [0, 0.05) is 34.4 Å². The number of hydrogen-bond donors (Lipinski definition) is 2. The molecule has 7 heteroatoms. The molecule has 0 bridgehead atoms. The molecule has 0 unspecified atom stereocenters. The number of nitriles is 1. The van der Waals surface area contributed by atoms with Crippen molar-refractivity contribution in [1.29, 1.82) is 5.26 Å². The highest BCUT2D eigenvalue weighted by Gasteiger charge is 2.09. The van der Waals surface area contributed by atoms with Gasteiger partial charge in [-0.3, -0.25) is 20.4 Å². The molecule has 164 valence electrons. The summed E-state index contributed by atoms with van der Waals surface area (Å²) in [6, 6.07) is 22.7. The maximum absolute atomic E-state index is 12.1. The molecule has 0 radical (unpaired) electrons. The van der Waals surface area contributed by atoms with E-state index >= 15 is 0 Å². The number of nitrogens with one attached hydrogen (secondary N) is 2. The van der Waals surface area contributed by atoms with Crippen LogP contribution in [0.4, 0.5) is 0 Å². The lowest BCUT2D eigenvalue weighted by Crippen LogP contribution is -2.43. The molecule has 7 nitrogen and oxygen atoms in total. The molecule has 2 N–H and O–H groups in total. The average Bonchev–Trinajstić information content (AvgIpc) is 3.18. The number of aromatic nitrogens is 1. The van der Waals surface area contributed by atoms with E-state index in [-0.39, 0.29) is 6.61 Å². The molecule has 0 saturated carbocycles. The summed E-state index contributed by atoms with van der Waals surface area (Å²) in [4.78, 5) is 24.0. The quantitative estimate of drug-likeness (QED) is 0.352. The highest BCUT2D eigenvalue weighted by Crippen LogP contribution is 2.29. The van der Waals surface area contributed by atoms with Crippen LogP contribution in [0.25, 0.3) is 27.9 Å². The summed E-state index contributed by atoms with van der Waals surface area (Å²) in [6.45, 7) is 2.72. The lowest BCUT2D eigenvalue weighted by Gasteiger charge is -2.07. The van der Waals surface area contributed by atoms with E-state index in [0.717, 1.165) is 23.0 Å². The predicted molar refractivity (Wildman–Crippen MR) is 127 cm³/mol. The molecule has 0 aliphatic rings. The number of carbonyl (C=O) groups excluding carboxylic acids is 2. The van der Waals surface area contributed by atoms with Gasteiger partial charge in [0.2, 0.25) is 0 Å². The first-order valence-corrected chi connectivity index (χ1v) is 10.5. The lowest BCUT2D eigenvalue weighted by atomic mass is 10.1. The van der Waals surface area contributed by atoms with Crippen molar-refractivity contribution in [3.05, 3.63) is 83.9 Å². The molecule has 0 aliphatic carbocycles. The molecule has 1 aromatic heterocycles. The minimum absolute atomic E-state index is 0.270. The van der Waals surface area contributed by atoms with Crippen molar-refractivity contribution < 1.29 is 14.3 Å². The van der Waals surface area contributed by atoms with Crippen molar-refractivity contribution in [3.63, 3.8) is 0 Å². The molecule has 4 aromatic rings. The molecule has 3 aromatic carbocycles. The topological polar surface area (TPSA) is 96.2 Å². The number of hydrazine groups is 1. The molecule has 1 heterocycles. The second-order valence-electron chi connectivity index (χ2n) is 7.33. The van der Waals surface area contributed by atoms with Crippen LogP contribution in [0.15, 0.2) is 72.8 Å². The summed E-state index contributed by atoms with van der Waals surface area (Å²) >= 11 is 0. The third-order valence-electron chi connectivity index (χ3n) is 5.22. The average molecular weight is 438 g/mol. The Hall–Kier alpha value is -4.57. The summed E-state index contributed by atoms with van der Waals surface area (Å²) < 4.78 is 7.59. The Morgan fingerprint density at radius 1 is 1.00 bits per heavy atom. The van der Waals surface area contributed by atoms with Crippen LogP contribution >= 0.6 is 0 Å². The number of nitrogens with zero attached hydrogens (tertiary/aromatic N) is 2. The van der Waals surface area contributed by atoms with E-state index in [4.69, 9.17) is 10.00 Å². The minimum Gasteiger partial charge on any atom is -0.484 e. The monoisotopic (exact) mass is 438 g/mol. The van der Waals surface area contributed by atoms with Gasteiger partial charge in [-0.05, 0) is 61.0 Å². The van der Waals surface area contributed by atoms with Gasteiger partial charge in [-0.2, -0.15) is 5.26 Å². The van der Waals surface area contributed by atoms with Gasteiger partial charge >= 0.3 is 0 Å². The van der Waals surface area contributed by atoms with E-state index in [1.54, 1.807) is 30.3 Å². The normalized spacial score (nSPS) is 10.9. The number of fused-ring (bicyclic) bond motifs is 3. The zero-order chi connectivity index (χ0) is 23.2. The van der Waals surface area contributed by atoms with Crippen molar-refractivity contribution in [3.8, 4) is 11.8 Å². The fourth-order valence-corrected chi connectivity index (χ4v) is 3.67. The van der Waals surface area contributed by atoms with E-state index in [1.807, 2.05) is 24.3 Å². The van der Waals surface area contributed by atoms with E-state index in [1.165, 1.54) is 17.0 Å². The Morgan fingerprint density at radius 3 is 2.52 bits per heavy atom. The zero-order valence-electron chi connectivity index (χ0n) is 18.0. The lowest BCUT2D eigenvalue weighted by molar-refractivity contribution is -0.128. The van der Waals surface area contributed by atoms with Crippen molar-refractivity contribution in [2.75, 3.05) is 6.61 Å². The molecule has 0 spiro atoms. The van der Waals surface area contributed by atoms with E-state index < -0.39 is 11.8 Å². The van der Waals surface area contributed by atoms with E-state index in [9.17, 15) is 9.59 Å². The summed E-state index contributed by atoms with van der Waals surface area (Å²) in [5.41, 5.74) is 8.35. The highest BCUT2D eigenvalue weighted by atomic mass is 16.5. The van der Waals surface area contributed by atoms with Crippen LogP contribution in [0.5, 0.6) is 5.75 Å². The maximum atomic E-state index is 12.1. The third kappa shape index (κ3) is 4.86. The standard InChI is InChI=1S/C26H22N4O3/c1-2-30-23-6-4-3-5-21(23)22-15-18(9-13-24(22)30)10-14-25(31)28-29-26(32)17-33-20-11-7-19(16-27)8-12-20/h3-15H,2,17H2,1H3,(H,28,31)(H,29,32)/b14-10+. The van der Waals surface area contributed by atoms with Crippen LogP contribution < -0.4 is 15.6 Å². The molecular weight excluding hydrogens is 416 g/mol. The number of aryl methyl sites for hydroxylation is 1. The number of hydrogen-bond acceptors (Lipinski definition) is 4. The fourth-order valence-electron chi connectivity index (χ4n) is 3.67. The first-order chi connectivity index (χ1) is 16.1. The first-order valence-electron chi connectivity index (χ1n) is 10.5. The predicted octanol–water partition coefficient (Wildman–Crippen LogP) is 3.93. The number of carbonyl (C=O) groups is 2. The second-order valence-corrected chi connectivity index (χ2v) is 7.33. The number of ether oxygens (including phenoxy) is 1. The molecular formula is C26H22N4O3. The molecule has 4 rings (SSSR count). The van der Waals surface area contributed by atoms with Crippen LogP contribution in [0.3, 0.4) is 0 Å². The first kappa shape index (κ1) is 21.7. The van der Waals surface area contributed by atoms with Gasteiger partial charge in [0.1, 0.15) is 5.75 Å². The van der Waals surface area contributed by atoms with Crippen molar-refractivity contribution in [2.24, 2.45) is 0 Å². The summed E-state index contributed by atoms with van der Waals surface area (Å²) in [5, 5.41) is 11.1. The Labute approximate surface area is 190 Å². The van der Waals surface area contributed by atoms with Crippen molar-refractivity contribution >= 4 is 39.7 Å². The molecule has 0 fully saturated rings. The van der Waals surface area contributed by atoms with Crippen LogP contribution in [0.1, 0.15) is 18.1 Å². The summed E-state index contributed by atoms with van der Waals surface area (Å²) in [6.07, 6.45) is 3.06. The van der Waals surface area contributed by atoms with Crippen molar-refractivity contribution in [2.45, 2.75) is 13.5 Å². The van der Waals surface area contributed by atoms with E-state index in [2.05, 4.69) is 46.6 Å². The summed E-state index contributed by atoms with van der Waals surface area (Å²) in [5.74, 6) is -0.511. The minimum atomic E-state index is -0.505. The smallest absolute Gasteiger partial charge is 0.276 e. The number of para-hydroxylation sites is 1. The molecule has 2 amide bonds. The van der Waals surface area contributed by atoms with Crippen LogP contribution in [0.2, 0.25) is 0 Å². The SMILES string of the molecule is CCn1c2ccccc2c2cc(/C=C/C(=O)NNC(=O)COc3ccc(C#N)cc3)ccc21. The number of benzene rings is 3. The van der Waals surface area contributed by atoms with Gasteiger partial charge in [-0.1, -0.05) is 24.3 Å². The van der Waals surface area contributed by atoms with Gasteiger partial charge in [-0.25, -0.2) is 0 Å². The van der Waals surface area contributed by atoms with Crippen LogP contribution in [0, 0.1) is 11.3 Å². The van der Waals surface area contributed by atoms with Gasteiger partial charge in [0.25, 0.3) is 11.8 Å². The molecule has 0 saturated heterocycles. The van der Waals surface area contributed by atoms with Gasteiger partial charge in [0.05, 0.1) is 11.6 Å². The maximum Gasteiger partial charge on any atom is 0.276 e. The Morgan fingerprint density at radius 2 is 1.76 bits per heavy atom. The van der Waals surface area contributed by atoms with Gasteiger partial charge < -0.3 is 9.30 Å². The Balaban J connectivity index is 1.35. The zero-order valence-corrected chi connectivity index (χ0v) is 18.0. The Kier molecular flexibility index (Phi) is 6.37. The molecule has 0 atom stereocenters. The molecule has 0 aliphatic heterocycles. The van der Waals surface area contributed by atoms with Crippen LogP contribution in [-0.2, 0) is 16.1 Å². The second kappa shape index (κ2) is 9.71. The van der Waals surface area contributed by atoms with Gasteiger partial charge in [-0.15, -0.1) is 0 Å². The number of rotatable bonds is 6. The van der Waals surface area contributed by atoms with Crippen molar-refractivity contribution in [1.82, 2.24) is 15.4 Å².